The number of rotatable bonds is 7. The van der Waals surface area contributed by atoms with Crippen molar-refractivity contribution in [3.63, 3.8) is 0 Å². The number of carbonyl (C=O) groups is 1. The maximum Gasteiger partial charge on any atom is 0.493 e. The normalized spacial score (nSPS) is 12.5. The molecule has 2 rings (SSSR count). The Bertz CT molecular complexity index is 706. The highest BCUT2D eigenvalue weighted by Gasteiger charge is 2.43. The Hall–Kier alpha value is -2.58. The van der Waals surface area contributed by atoms with Crippen LogP contribution in [-0.2, 0) is 16.1 Å². The van der Waals surface area contributed by atoms with Crippen molar-refractivity contribution in [3.05, 3.63) is 65.7 Å². The summed E-state index contributed by atoms with van der Waals surface area (Å²) in [6.45, 7) is 0.0703. The lowest BCUT2D eigenvalue weighted by Crippen LogP contribution is -2.37. The van der Waals surface area contributed by atoms with E-state index in [1.54, 1.807) is 42.5 Å². The molecule has 8 heteroatoms. The van der Waals surface area contributed by atoms with Crippen LogP contribution in [0.1, 0.15) is 17.2 Å². The zero-order chi connectivity index (χ0) is 19.2. The van der Waals surface area contributed by atoms with Crippen LogP contribution in [0.2, 0.25) is 0 Å². The minimum absolute atomic E-state index is 0.207. The van der Waals surface area contributed by atoms with Gasteiger partial charge in [0.25, 0.3) is 0 Å². The summed E-state index contributed by atoms with van der Waals surface area (Å²) in [6.07, 6.45) is -5.69. The molecule has 0 saturated carbocycles. The smallest absolute Gasteiger partial charge is 0.386 e. The third kappa shape index (κ3) is 5.47. The van der Waals surface area contributed by atoms with Gasteiger partial charge < -0.3 is 15.7 Å². The number of hydrogen-bond donors (Lipinski definition) is 2. The summed E-state index contributed by atoms with van der Waals surface area (Å²) in [6, 6.07) is 14.7. The number of carbonyl (C=O) groups excluding carboxylic acids is 1. The number of benzene rings is 2. The van der Waals surface area contributed by atoms with Gasteiger partial charge in [0.1, 0.15) is 0 Å². The lowest BCUT2D eigenvalue weighted by molar-refractivity contribution is -0.201. The van der Waals surface area contributed by atoms with Gasteiger partial charge in [-0.1, -0.05) is 42.5 Å². The first-order chi connectivity index (χ1) is 12.3. The molecule has 1 atom stereocenters. The summed E-state index contributed by atoms with van der Waals surface area (Å²) >= 11 is 0. The van der Waals surface area contributed by atoms with Gasteiger partial charge in [-0.2, -0.15) is 13.2 Å². The summed E-state index contributed by atoms with van der Waals surface area (Å²) in [5.74, 6) is -2.36. The molecule has 0 heterocycles. The molecule has 3 N–H and O–H groups in total. The molecule has 0 fully saturated rings. The molecular formula is C18H19F3N2O3. The van der Waals surface area contributed by atoms with Crippen molar-refractivity contribution in [2.24, 2.45) is 5.73 Å². The van der Waals surface area contributed by atoms with Crippen molar-refractivity contribution < 1.29 is 27.9 Å². The van der Waals surface area contributed by atoms with E-state index < -0.39 is 18.2 Å². The van der Waals surface area contributed by atoms with Crippen molar-refractivity contribution in [1.29, 1.82) is 0 Å². The molecule has 2 aromatic carbocycles. The standard InChI is InChI=1S/C18H19F3N2O3/c19-18(20,21)17(25)26-23(12-16(24)14-4-2-1-3-5-14)15-8-6-13(7-9-15)10-11-22/h1-9,16,24H,10-12,22H2. The van der Waals surface area contributed by atoms with Gasteiger partial charge in [-0.25, -0.2) is 9.86 Å². The van der Waals surface area contributed by atoms with Crippen molar-refractivity contribution in [2.45, 2.75) is 18.7 Å². The molecule has 0 aromatic heterocycles. The van der Waals surface area contributed by atoms with E-state index in [9.17, 15) is 23.1 Å². The SMILES string of the molecule is NCCc1ccc(N(CC(O)c2ccccc2)OC(=O)C(F)(F)F)cc1. The number of hydroxylamine groups is 1. The van der Waals surface area contributed by atoms with Crippen molar-refractivity contribution in [1.82, 2.24) is 0 Å². The van der Waals surface area contributed by atoms with E-state index in [1.807, 2.05) is 0 Å². The van der Waals surface area contributed by atoms with Crippen LogP contribution in [0, 0.1) is 0 Å². The third-order valence-corrected chi connectivity index (χ3v) is 3.61. The minimum atomic E-state index is -5.14. The van der Waals surface area contributed by atoms with E-state index in [4.69, 9.17) is 5.73 Å². The van der Waals surface area contributed by atoms with Crippen LogP contribution in [0.5, 0.6) is 0 Å². The topological polar surface area (TPSA) is 75.8 Å². The van der Waals surface area contributed by atoms with Gasteiger partial charge in [0.05, 0.1) is 18.3 Å². The van der Waals surface area contributed by atoms with Crippen LogP contribution in [0.25, 0.3) is 0 Å². The van der Waals surface area contributed by atoms with E-state index >= 15 is 0 Å². The molecule has 0 aliphatic rings. The summed E-state index contributed by atoms with van der Waals surface area (Å²) in [4.78, 5) is 15.7. The van der Waals surface area contributed by atoms with Gasteiger partial charge >= 0.3 is 12.1 Å². The average Bonchev–Trinajstić information content (AvgIpc) is 2.62. The predicted octanol–water partition coefficient (Wildman–Crippen LogP) is 2.75. The summed E-state index contributed by atoms with van der Waals surface area (Å²) < 4.78 is 37.7. The van der Waals surface area contributed by atoms with Crippen LogP contribution in [0.3, 0.4) is 0 Å². The van der Waals surface area contributed by atoms with Crippen molar-refractivity contribution in [2.75, 3.05) is 18.2 Å². The fourth-order valence-corrected chi connectivity index (χ4v) is 2.28. The maximum absolute atomic E-state index is 12.6. The van der Waals surface area contributed by atoms with Gasteiger partial charge in [0, 0.05) is 0 Å². The summed E-state index contributed by atoms with van der Waals surface area (Å²) in [7, 11) is 0. The lowest BCUT2D eigenvalue weighted by atomic mass is 10.1. The van der Waals surface area contributed by atoms with Crippen LogP contribution >= 0.6 is 0 Å². The number of alkyl halides is 3. The van der Waals surface area contributed by atoms with Gasteiger partial charge in [-0.15, -0.1) is 0 Å². The fourth-order valence-electron chi connectivity index (χ4n) is 2.28. The highest BCUT2D eigenvalue weighted by molar-refractivity contribution is 5.76. The van der Waals surface area contributed by atoms with Crippen molar-refractivity contribution >= 4 is 11.7 Å². The predicted molar refractivity (Wildman–Crippen MR) is 90.1 cm³/mol. The highest BCUT2D eigenvalue weighted by atomic mass is 19.4. The Morgan fingerprint density at radius 2 is 1.73 bits per heavy atom. The Morgan fingerprint density at radius 1 is 1.12 bits per heavy atom. The van der Waals surface area contributed by atoms with Crippen LogP contribution in [-0.4, -0.2) is 30.3 Å². The Balaban J connectivity index is 2.22. The van der Waals surface area contributed by atoms with E-state index in [0.717, 1.165) is 10.6 Å². The molecule has 0 radical (unpaired) electrons. The Labute approximate surface area is 148 Å². The molecule has 0 amide bonds. The number of aliphatic hydroxyl groups excluding tert-OH is 1. The van der Waals surface area contributed by atoms with Crippen LogP contribution in [0.15, 0.2) is 54.6 Å². The Kier molecular flexibility index (Phi) is 6.59. The molecule has 140 valence electrons. The quantitative estimate of drug-likeness (QED) is 0.735. The number of nitrogens with two attached hydrogens (primary N) is 1. The minimum Gasteiger partial charge on any atom is -0.386 e. The second kappa shape index (κ2) is 8.68. The zero-order valence-electron chi connectivity index (χ0n) is 13.8. The number of anilines is 1. The van der Waals surface area contributed by atoms with E-state index in [2.05, 4.69) is 4.84 Å². The lowest BCUT2D eigenvalue weighted by Gasteiger charge is -2.26. The molecule has 26 heavy (non-hydrogen) atoms. The average molecular weight is 368 g/mol. The van der Waals surface area contributed by atoms with E-state index in [0.29, 0.717) is 18.5 Å². The van der Waals surface area contributed by atoms with E-state index in [1.165, 1.54) is 12.1 Å². The fraction of sp³-hybridized carbons (Fsp3) is 0.278. The highest BCUT2D eigenvalue weighted by Crippen LogP contribution is 2.24. The molecular weight excluding hydrogens is 349 g/mol. The van der Waals surface area contributed by atoms with Crippen LogP contribution < -0.4 is 10.8 Å². The first kappa shape index (κ1) is 19.7. The van der Waals surface area contributed by atoms with Gasteiger partial charge in [-0.05, 0) is 36.2 Å². The number of aliphatic hydroxyl groups is 1. The van der Waals surface area contributed by atoms with Gasteiger partial charge in [0.15, 0.2) is 0 Å². The number of hydrogen-bond acceptors (Lipinski definition) is 5. The van der Waals surface area contributed by atoms with Gasteiger partial charge in [-0.3, -0.25) is 0 Å². The first-order valence-electron chi connectivity index (χ1n) is 7.90. The Morgan fingerprint density at radius 3 is 2.27 bits per heavy atom. The third-order valence-electron chi connectivity index (χ3n) is 3.61. The zero-order valence-corrected chi connectivity index (χ0v) is 13.8. The maximum atomic E-state index is 12.6. The molecule has 0 spiro atoms. The molecule has 0 aliphatic heterocycles. The van der Waals surface area contributed by atoms with E-state index in [-0.39, 0.29) is 12.2 Å². The molecule has 0 aliphatic carbocycles. The molecule has 0 saturated heterocycles. The summed E-state index contributed by atoms with van der Waals surface area (Å²) in [5.41, 5.74) is 7.05. The first-order valence-corrected chi connectivity index (χ1v) is 7.90. The molecule has 2 aromatic rings. The molecule has 5 nitrogen and oxygen atoms in total. The second-order valence-corrected chi connectivity index (χ2v) is 5.57. The molecule has 1 unspecified atom stereocenters. The number of nitrogens with zero attached hydrogens (tertiary/aromatic N) is 1. The monoisotopic (exact) mass is 368 g/mol. The second-order valence-electron chi connectivity index (χ2n) is 5.57. The van der Waals surface area contributed by atoms with Gasteiger partial charge in [0.2, 0.25) is 0 Å². The molecule has 0 bridgehead atoms. The van der Waals surface area contributed by atoms with Crippen molar-refractivity contribution in [3.8, 4) is 0 Å². The number of halogens is 3. The van der Waals surface area contributed by atoms with Crippen LogP contribution in [0.4, 0.5) is 18.9 Å². The largest absolute Gasteiger partial charge is 0.493 e. The summed E-state index contributed by atoms with van der Waals surface area (Å²) in [5, 5.41) is 11.0.